The first-order valence-electron chi connectivity index (χ1n) is 7.34. The lowest BCUT2D eigenvalue weighted by molar-refractivity contribution is 0.0585. The lowest BCUT2D eigenvalue weighted by Gasteiger charge is -2.25. The number of nitrogens with one attached hydrogen (secondary N) is 1. The third-order valence-corrected chi connectivity index (χ3v) is 3.73. The zero-order chi connectivity index (χ0) is 17.2. The highest BCUT2D eigenvalue weighted by Crippen LogP contribution is 2.18. The van der Waals surface area contributed by atoms with Gasteiger partial charge in [-0.15, -0.1) is 5.10 Å². The molecule has 0 saturated heterocycles. The summed E-state index contributed by atoms with van der Waals surface area (Å²) in [5.74, 6) is -0.362. The number of halogens is 1. The number of aromatic nitrogens is 3. The Morgan fingerprint density at radius 3 is 2.70 bits per heavy atom. The molecule has 1 atom stereocenters. The number of aryl methyl sites for hydroxylation is 1. The largest absolute Gasteiger partial charge is 0.391 e. The quantitative estimate of drug-likeness (QED) is 0.898. The normalized spacial score (nSPS) is 13.0. The second kappa shape index (κ2) is 6.68. The van der Waals surface area contributed by atoms with Crippen LogP contribution in [0.1, 0.15) is 37.0 Å². The maximum Gasteiger partial charge on any atom is 0.273 e. The van der Waals surface area contributed by atoms with Crippen LogP contribution in [0.15, 0.2) is 24.3 Å². The second-order valence-electron chi connectivity index (χ2n) is 6.50. The first-order valence-corrected chi connectivity index (χ1v) is 7.72. The van der Waals surface area contributed by atoms with Gasteiger partial charge in [-0.1, -0.05) is 38.4 Å². The monoisotopic (exact) mass is 336 g/mol. The molecule has 0 saturated carbocycles. The fourth-order valence-electron chi connectivity index (χ4n) is 1.88. The van der Waals surface area contributed by atoms with Crippen LogP contribution in [0.3, 0.4) is 0 Å². The molecule has 1 amide bonds. The van der Waals surface area contributed by atoms with E-state index in [0.717, 1.165) is 0 Å². The molecule has 1 aromatic heterocycles. The number of hydrogen-bond acceptors (Lipinski definition) is 4. The molecular formula is C16H21ClN4O2. The molecule has 1 heterocycles. The lowest BCUT2D eigenvalue weighted by atomic mass is 9.89. The third-order valence-electron chi connectivity index (χ3n) is 3.49. The van der Waals surface area contributed by atoms with Crippen LogP contribution in [-0.2, 0) is 0 Å². The molecule has 6 nitrogen and oxygen atoms in total. The SMILES string of the molecule is Cc1nn(-c2cccc(Cl)c2)nc1C(=O)NCC(O)C(C)(C)C. The summed E-state index contributed by atoms with van der Waals surface area (Å²) < 4.78 is 0. The van der Waals surface area contributed by atoms with Crippen molar-refractivity contribution < 1.29 is 9.90 Å². The summed E-state index contributed by atoms with van der Waals surface area (Å²) in [6, 6.07) is 7.06. The van der Waals surface area contributed by atoms with Crippen LogP contribution in [0.25, 0.3) is 5.69 Å². The summed E-state index contributed by atoms with van der Waals surface area (Å²) in [5.41, 5.74) is 1.11. The van der Waals surface area contributed by atoms with Crippen LogP contribution in [0.2, 0.25) is 5.02 Å². The molecule has 7 heteroatoms. The van der Waals surface area contributed by atoms with Gasteiger partial charge in [-0.25, -0.2) is 0 Å². The summed E-state index contributed by atoms with van der Waals surface area (Å²) in [7, 11) is 0. The Kier molecular flexibility index (Phi) is 5.06. The summed E-state index contributed by atoms with van der Waals surface area (Å²) in [5, 5.41) is 21.7. The lowest BCUT2D eigenvalue weighted by Crippen LogP contribution is -2.39. The van der Waals surface area contributed by atoms with Crippen molar-refractivity contribution in [3.05, 3.63) is 40.7 Å². The number of aliphatic hydroxyl groups is 1. The molecule has 0 fully saturated rings. The molecule has 0 aliphatic rings. The Bertz CT molecular complexity index is 706. The molecule has 2 N–H and O–H groups in total. The number of benzene rings is 1. The van der Waals surface area contributed by atoms with Gasteiger partial charge in [0.15, 0.2) is 5.69 Å². The Morgan fingerprint density at radius 1 is 1.39 bits per heavy atom. The van der Waals surface area contributed by atoms with E-state index in [-0.39, 0.29) is 23.6 Å². The van der Waals surface area contributed by atoms with E-state index in [1.54, 1.807) is 31.2 Å². The predicted octanol–water partition coefficient (Wildman–Crippen LogP) is 2.37. The molecule has 0 aliphatic carbocycles. The predicted molar refractivity (Wildman–Crippen MR) is 88.9 cm³/mol. The smallest absolute Gasteiger partial charge is 0.273 e. The molecular weight excluding hydrogens is 316 g/mol. The minimum Gasteiger partial charge on any atom is -0.391 e. The minimum absolute atomic E-state index is 0.159. The van der Waals surface area contributed by atoms with Gasteiger partial charge in [0.1, 0.15) is 0 Å². The van der Waals surface area contributed by atoms with Crippen molar-refractivity contribution in [1.29, 1.82) is 0 Å². The van der Waals surface area contributed by atoms with E-state index < -0.39 is 6.10 Å². The van der Waals surface area contributed by atoms with Gasteiger partial charge in [0.2, 0.25) is 0 Å². The van der Waals surface area contributed by atoms with E-state index in [9.17, 15) is 9.90 Å². The average Bonchev–Trinajstić information content (AvgIpc) is 2.85. The van der Waals surface area contributed by atoms with Crippen molar-refractivity contribution in [2.75, 3.05) is 6.54 Å². The number of hydrogen-bond donors (Lipinski definition) is 2. The summed E-state index contributed by atoms with van der Waals surface area (Å²) in [6.45, 7) is 7.59. The third kappa shape index (κ3) is 4.30. The van der Waals surface area contributed by atoms with E-state index in [2.05, 4.69) is 15.5 Å². The second-order valence-corrected chi connectivity index (χ2v) is 6.93. The zero-order valence-corrected chi connectivity index (χ0v) is 14.4. The number of aliphatic hydroxyl groups excluding tert-OH is 1. The molecule has 2 aromatic rings. The maximum atomic E-state index is 12.2. The number of nitrogens with zero attached hydrogens (tertiary/aromatic N) is 3. The van der Waals surface area contributed by atoms with Crippen molar-refractivity contribution in [3.8, 4) is 5.69 Å². The van der Waals surface area contributed by atoms with E-state index in [1.165, 1.54) is 4.80 Å². The zero-order valence-electron chi connectivity index (χ0n) is 13.7. The number of carbonyl (C=O) groups is 1. The van der Waals surface area contributed by atoms with Crippen LogP contribution in [0.4, 0.5) is 0 Å². The Labute approximate surface area is 140 Å². The molecule has 0 bridgehead atoms. The Morgan fingerprint density at radius 2 is 2.09 bits per heavy atom. The van der Waals surface area contributed by atoms with Gasteiger partial charge in [-0.3, -0.25) is 4.79 Å². The molecule has 23 heavy (non-hydrogen) atoms. The van der Waals surface area contributed by atoms with Crippen molar-refractivity contribution in [2.45, 2.75) is 33.8 Å². The summed E-state index contributed by atoms with van der Waals surface area (Å²) in [6.07, 6.45) is -0.644. The Hall–Kier alpha value is -1.92. The molecule has 0 aliphatic heterocycles. The molecule has 1 aromatic carbocycles. The van der Waals surface area contributed by atoms with Crippen molar-refractivity contribution in [2.24, 2.45) is 5.41 Å². The van der Waals surface area contributed by atoms with Crippen LogP contribution < -0.4 is 5.32 Å². The minimum atomic E-state index is -0.644. The van der Waals surface area contributed by atoms with E-state index in [1.807, 2.05) is 20.8 Å². The van der Waals surface area contributed by atoms with Gasteiger partial charge in [0.05, 0.1) is 17.5 Å². The number of amides is 1. The van der Waals surface area contributed by atoms with Crippen molar-refractivity contribution in [3.63, 3.8) is 0 Å². The van der Waals surface area contributed by atoms with Crippen LogP contribution in [-0.4, -0.2) is 38.7 Å². The van der Waals surface area contributed by atoms with Gasteiger partial charge in [-0.2, -0.15) is 9.90 Å². The highest BCUT2D eigenvalue weighted by atomic mass is 35.5. The highest BCUT2D eigenvalue weighted by molar-refractivity contribution is 6.30. The van der Waals surface area contributed by atoms with Gasteiger partial charge in [0.25, 0.3) is 5.91 Å². The van der Waals surface area contributed by atoms with Crippen molar-refractivity contribution in [1.82, 2.24) is 20.3 Å². The molecule has 124 valence electrons. The summed E-state index contributed by atoms with van der Waals surface area (Å²) in [4.78, 5) is 13.6. The van der Waals surface area contributed by atoms with Crippen LogP contribution in [0.5, 0.6) is 0 Å². The first kappa shape index (κ1) is 17.4. The standard InChI is InChI=1S/C16H21ClN4O2/c1-10-14(15(23)18-9-13(22)16(2,3)4)20-21(19-10)12-7-5-6-11(17)8-12/h5-8,13,22H,9H2,1-4H3,(H,18,23). The maximum absolute atomic E-state index is 12.2. The average molecular weight is 337 g/mol. The van der Waals surface area contributed by atoms with E-state index >= 15 is 0 Å². The molecule has 0 spiro atoms. The van der Waals surface area contributed by atoms with E-state index in [0.29, 0.717) is 16.4 Å². The van der Waals surface area contributed by atoms with Crippen LogP contribution in [0, 0.1) is 12.3 Å². The van der Waals surface area contributed by atoms with Crippen molar-refractivity contribution >= 4 is 17.5 Å². The highest BCUT2D eigenvalue weighted by Gasteiger charge is 2.24. The number of rotatable bonds is 4. The van der Waals surface area contributed by atoms with Gasteiger partial charge in [-0.05, 0) is 30.5 Å². The number of carbonyl (C=O) groups excluding carboxylic acids is 1. The first-order chi connectivity index (χ1) is 10.7. The fraction of sp³-hybridized carbons (Fsp3) is 0.438. The molecule has 2 rings (SSSR count). The van der Waals surface area contributed by atoms with E-state index in [4.69, 9.17) is 11.6 Å². The summed E-state index contributed by atoms with van der Waals surface area (Å²) >= 11 is 5.96. The van der Waals surface area contributed by atoms with Gasteiger partial charge >= 0.3 is 0 Å². The molecule has 1 unspecified atom stereocenters. The fourth-order valence-corrected chi connectivity index (χ4v) is 2.07. The topological polar surface area (TPSA) is 80.0 Å². The van der Waals surface area contributed by atoms with Gasteiger partial charge in [0, 0.05) is 11.6 Å². The van der Waals surface area contributed by atoms with Crippen LogP contribution >= 0.6 is 11.6 Å². The molecule has 0 radical (unpaired) electrons. The Balaban J connectivity index is 2.13. The van der Waals surface area contributed by atoms with Gasteiger partial charge < -0.3 is 10.4 Å².